The van der Waals surface area contributed by atoms with Gasteiger partial charge in [-0.05, 0) is 24.1 Å². The second-order valence-electron chi connectivity index (χ2n) is 5.41. The van der Waals surface area contributed by atoms with Crippen molar-refractivity contribution in [1.29, 1.82) is 0 Å². The zero-order chi connectivity index (χ0) is 13.4. The summed E-state index contributed by atoms with van der Waals surface area (Å²) >= 11 is 0. The summed E-state index contributed by atoms with van der Waals surface area (Å²) in [7, 11) is 0. The van der Waals surface area contributed by atoms with Crippen molar-refractivity contribution in [2.24, 2.45) is 0 Å². The number of rotatable bonds is 2. The molecule has 19 heavy (non-hydrogen) atoms. The summed E-state index contributed by atoms with van der Waals surface area (Å²) in [6.07, 6.45) is 1.68. The standard InChI is InChI=1S/C14H19N3O2/c15-12-7-10(1-3-13(12)18)8-16-5-6-17-11(9-16)2-4-14(17)19/h1,3,7,11,18H,2,4-6,8-9,15H2. The van der Waals surface area contributed by atoms with Crippen LogP contribution in [0, 0.1) is 0 Å². The summed E-state index contributed by atoms with van der Waals surface area (Å²) in [5.41, 5.74) is 7.24. The third-order valence-corrected chi connectivity index (χ3v) is 4.08. The lowest BCUT2D eigenvalue weighted by Gasteiger charge is -2.37. The molecule has 1 amide bonds. The predicted octanol–water partition coefficient (Wildman–Crippen LogP) is 0.781. The van der Waals surface area contributed by atoms with Gasteiger partial charge in [-0.1, -0.05) is 6.07 Å². The molecule has 0 saturated carbocycles. The molecule has 2 heterocycles. The quantitative estimate of drug-likeness (QED) is 0.610. The first-order valence-electron chi connectivity index (χ1n) is 6.72. The summed E-state index contributed by atoms with van der Waals surface area (Å²) < 4.78 is 0. The number of carbonyl (C=O) groups excluding carboxylic acids is 1. The predicted molar refractivity (Wildman–Crippen MR) is 72.5 cm³/mol. The van der Waals surface area contributed by atoms with Crippen LogP contribution in [0.4, 0.5) is 5.69 Å². The first-order chi connectivity index (χ1) is 9.13. The van der Waals surface area contributed by atoms with E-state index in [1.54, 1.807) is 6.07 Å². The van der Waals surface area contributed by atoms with Crippen molar-refractivity contribution >= 4 is 11.6 Å². The van der Waals surface area contributed by atoms with E-state index < -0.39 is 0 Å². The van der Waals surface area contributed by atoms with Crippen LogP contribution in [0.3, 0.4) is 0 Å². The Morgan fingerprint density at radius 2 is 2.21 bits per heavy atom. The number of phenols is 1. The zero-order valence-electron chi connectivity index (χ0n) is 10.9. The van der Waals surface area contributed by atoms with Crippen molar-refractivity contribution in [2.75, 3.05) is 25.4 Å². The molecule has 2 saturated heterocycles. The number of carbonyl (C=O) groups is 1. The molecule has 0 radical (unpaired) electrons. The molecule has 0 aromatic heterocycles. The number of phenolic OH excluding ortho intramolecular Hbond substituents is 1. The summed E-state index contributed by atoms with van der Waals surface area (Å²) in [6.45, 7) is 3.50. The van der Waals surface area contributed by atoms with Crippen LogP contribution in [0.2, 0.25) is 0 Å². The molecule has 5 nitrogen and oxygen atoms in total. The van der Waals surface area contributed by atoms with Gasteiger partial charge in [0.2, 0.25) is 5.91 Å². The molecule has 2 aliphatic heterocycles. The molecule has 102 valence electrons. The minimum atomic E-state index is 0.134. The molecule has 3 N–H and O–H groups in total. The second kappa shape index (κ2) is 4.74. The lowest BCUT2D eigenvalue weighted by Crippen LogP contribution is -2.50. The monoisotopic (exact) mass is 261 g/mol. The summed E-state index contributed by atoms with van der Waals surface area (Å²) in [5, 5.41) is 9.42. The number of anilines is 1. The van der Waals surface area contributed by atoms with Crippen LogP contribution in [0.5, 0.6) is 5.75 Å². The number of hydrogen-bond donors (Lipinski definition) is 2. The number of hydrogen-bond acceptors (Lipinski definition) is 4. The van der Waals surface area contributed by atoms with Gasteiger partial charge in [0.1, 0.15) is 5.75 Å². The molecule has 3 rings (SSSR count). The van der Waals surface area contributed by atoms with Gasteiger partial charge in [-0.3, -0.25) is 9.69 Å². The SMILES string of the molecule is Nc1cc(CN2CCN3C(=O)CCC3C2)ccc1O. The molecule has 1 aromatic carbocycles. The molecule has 0 spiro atoms. The number of benzene rings is 1. The van der Waals surface area contributed by atoms with E-state index in [2.05, 4.69) is 4.90 Å². The van der Waals surface area contributed by atoms with E-state index in [0.29, 0.717) is 24.1 Å². The van der Waals surface area contributed by atoms with E-state index in [1.165, 1.54) is 0 Å². The Morgan fingerprint density at radius 1 is 1.37 bits per heavy atom. The fraction of sp³-hybridized carbons (Fsp3) is 0.500. The normalized spacial score (nSPS) is 23.7. The molecule has 2 aliphatic rings. The minimum absolute atomic E-state index is 0.134. The van der Waals surface area contributed by atoms with Gasteiger partial charge >= 0.3 is 0 Å². The molecule has 1 unspecified atom stereocenters. The Balaban J connectivity index is 1.65. The van der Waals surface area contributed by atoms with Gasteiger partial charge in [-0.25, -0.2) is 0 Å². The smallest absolute Gasteiger partial charge is 0.222 e. The van der Waals surface area contributed by atoms with Crippen LogP contribution >= 0.6 is 0 Å². The van der Waals surface area contributed by atoms with Gasteiger partial charge in [0.25, 0.3) is 0 Å². The number of aromatic hydroxyl groups is 1. The number of amides is 1. The Hall–Kier alpha value is -1.75. The maximum absolute atomic E-state index is 11.6. The van der Waals surface area contributed by atoms with Gasteiger partial charge in [0.05, 0.1) is 5.69 Å². The van der Waals surface area contributed by atoms with Crippen molar-refractivity contribution in [1.82, 2.24) is 9.80 Å². The lowest BCUT2D eigenvalue weighted by molar-refractivity contribution is -0.130. The minimum Gasteiger partial charge on any atom is -0.506 e. The first kappa shape index (κ1) is 12.3. The van der Waals surface area contributed by atoms with Crippen molar-refractivity contribution in [3.63, 3.8) is 0 Å². The Kier molecular flexibility index (Phi) is 3.06. The summed E-state index contributed by atoms with van der Waals surface area (Å²) in [5.74, 6) is 0.438. The number of piperazine rings is 1. The van der Waals surface area contributed by atoms with Crippen LogP contribution in [-0.4, -0.2) is 46.5 Å². The van der Waals surface area contributed by atoms with E-state index >= 15 is 0 Å². The molecule has 0 aliphatic carbocycles. The Morgan fingerprint density at radius 3 is 3.00 bits per heavy atom. The van der Waals surface area contributed by atoms with Crippen LogP contribution < -0.4 is 5.73 Å². The largest absolute Gasteiger partial charge is 0.506 e. The van der Waals surface area contributed by atoms with Crippen molar-refractivity contribution in [3.8, 4) is 5.75 Å². The number of nitrogens with two attached hydrogens (primary N) is 1. The Labute approximate surface area is 112 Å². The zero-order valence-corrected chi connectivity index (χ0v) is 10.9. The molecule has 0 bridgehead atoms. The average molecular weight is 261 g/mol. The topological polar surface area (TPSA) is 69.8 Å². The van der Waals surface area contributed by atoms with Crippen LogP contribution in [0.25, 0.3) is 0 Å². The van der Waals surface area contributed by atoms with E-state index in [1.807, 2.05) is 17.0 Å². The van der Waals surface area contributed by atoms with Gasteiger partial charge in [0, 0.05) is 38.6 Å². The maximum Gasteiger partial charge on any atom is 0.222 e. The molecule has 5 heteroatoms. The lowest BCUT2D eigenvalue weighted by atomic mass is 10.1. The van der Waals surface area contributed by atoms with E-state index in [9.17, 15) is 9.90 Å². The molecule has 1 aromatic rings. The number of fused-ring (bicyclic) bond motifs is 1. The molecular weight excluding hydrogens is 242 g/mol. The molecule has 2 fully saturated rings. The van der Waals surface area contributed by atoms with E-state index in [4.69, 9.17) is 5.73 Å². The first-order valence-corrected chi connectivity index (χ1v) is 6.72. The second-order valence-corrected chi connectivity index (χ2v) is 5.41. The number of nitrogens with zero attached hydrogens (tertiary/aromatic N) is 2. The molecular formula is C14H19N3O2. The van der Waals surface area contributed by atoms with E-state index in [-0.39, 0.29) is 5.75 Å². The van der Waals surface area contributed by atoms with Crippen LogP contribution in [0.1, 0.15) is 18.4 Å². The summed E-state index contributed by atoms with van der Waals surface area (Å²) in [4.78, 5) is 16.0. The third kappa shape index (κ3) is 2.38. The van der Waals surface area contributed by atoms with E-state index in [0.717, 1.165) is 38.2 Å². The summed E-state index contributed by atoms with van der Waals surface area (Å²) in [6, 6.07) is 5.75. The highest BCUT2D eigenvalue weighted by molar-refractivity contribution is 5.78. The van der Waals surface area contributed by atoms with Crippen LogP contribution in [-0.2, 0) is 11.3 Å². The van der Waals surface area contributed by atoms with Crippen molar-refractivity contribution in [3.05, 3.63) is 23.8 Å². The fourth-order valence-electron chi connectivity index (χ4n) is 3.03. The Bertz CT molecular complexity index is 503. The van der Waals surface area contributed by atoms with Gasteiger partial charge < -0.3 is 15.7 Å². The fourth-order valence-corrected chi connectivity index (χ4v) is 3.03. The average Bonchev–Trinajstić information content (AvgIpc) is 2.75. The highest BCUT2D eigenvalue weighted by atomic mass is 16.3. The molecule has 1 atom stereocenters. The van der Waals surface area contributed by atoms with Gasteiger partial charge in [-0.2, -0.15) is 0 Å². The maximum atomic E-state index is 11.6. The van der Waals surface area contributed by atoms with Crippen molar-refractivity contribution < 1.29 is 9.90 Å². The highest BCUT2D eigenvalue weighted by Gasteiger charge is 2.35. The highest BCUT2D eigenvalue weighted by Crippen LogP contribution is 2.25. The number of nitrogen functional groups attached to an aromatic ring is 1. The third-order valence-electron chi connectivity index (χ3n) is 4.08. The van der Waals surface area contributed by atoms with Gasteiger partial charge in [0.15, 0.2) is 0 Å². The van der Waals surface area contributed by atoms with Crippen LogP contribution in [0.15, 0.2) is 18.2 Å². The van der Waals surface area contributed by atoms with Crippen molar-refractivity contribution in [2.45, 2.75) is 25.4 Å². The van der Waals surface area contributed by atoms with Gasteiger partial charge in [-0.15, -0.1) is 0 Å².